The first kappa shape index (κ1) is 21.5. The second kappa shape index (κ2) is 10.4. The van der Waals surface area contributed by atoms with Crippen LogP contribution in [-0.2, 0) is 4.79 Å². The standard InChI is InChI=1S/C19H23ClN2O2.ClH/c1-3-22(4-2)13-18(23)21-17-11-10-15(20)12-16(17)19(24)14-8-6-5-7-9-14;/h5-12,19,24H,3-4,13H2,1-2H3,(H,21,23);1H. The quantitative estimate of drug-likeness (QED) is 0.756. The number of nitrogens with one attached hydrogen (secondary N) is 1. The molecule has 1 unspecified atom stereocenters. The Kier molecular flexibility index (Phi) is 8.93. The van der Waals surface area contributed by atoms with Crippen LogP contribution < -0.4 is 5.32 Å². The van der Waals surface area contributed by atoms with Crippen LogP contribution in [0.4, 0.5) is 5.69 Å². The van der Waals surface area contributed by atoms with Gasteiger partial charge in [-0.3, -0.25) is 9.69 Å². The maximum Gasteiger partial charge on any atom is 0.238 e. The molecule has 0 bridgehead atoms. The molecule has 0 heterocycles. The van der Waals surface area contributed by atoms with E-state index in [1.165, 1.54) is 0 Å². The van der Waals surface area contributed by atoms with Gasteiger partial charge in [0.2, 0.25) is 5.91 Å². The third-order valence-corrected chi connectivity index (χ3v) is 4.19. The van der Waals surface area contributed by atoms with Gasteiger partial charge < -0.3 is 10.4 Å². The van der Waals surface area contributed by atoms with E-state index in [0.29, 0.717) is 22.8 Å². The minimum absolute atomic E-state index is 0. The van der Waals surface area contributed by atoms with E-state index in [0.717, 1.165) is 18.7 Å². The smallest absolute Gasteiger partial charge is 0.238 e. The fourth-order valence-corrected chi connectivity index (χ4v) is 2.71. The van der Waals surface area contributed by atoms with E-state index in [4.69, 9.17) is 11.6 Å². The number of hydrogen-bond acceptors (Lipinski definition) is 3. The predicted octanol–water partition coefficient (Wildman–Crippen LogP) is 4.12. The largest absolute Gasteiger partial charge is 0.384 e. The van der Waals surface area contributed by atoms with Gasteiger partial charge >= 0.3 is 0 Å². The van der Waals surface area contributed by atoms with Crippen molar-refractivity contribution in [1.82, 2.24) is 4.90 Å². The molecule has 0 radical (unpaired) electrons. The molecule has 0 aliphatic heterocycles. The highest BCUT2D eigenvalue weighted by molar-refractivity contribution is 6.30. The summed E-state index contributed by atoms with van der Waals surface area (Å²) in [5.74, 6) is -0.109. The molecular weight excluding hydrogens is 359 g/mol. The topological polar surface area (TPSA) is 52.6 Å². The van der Waals surface area contributed by atoms with Crippen LogP contribution in [-0.4, -0.2) is 35.5 Å². The number of halogens is 2. The highest BCUT2D eigenvalue weighted by Gasteiger charge is 2.17. The number of carbonyl (C=O) groups excluding carboxylic acids is 1. The highest BCUT2D eigenvalue weighted by atomic mass is 35.5. The highest BCUT2D eigenvalue weighted by Crippen LogP contribution is 2.30. The van der Waals surface area contributed by atoms with Crippen molar-refractivity contribution >= 4 is 35.6 Å². The summed E-state index contributed by atoms with van der Waals surface area (Å²) < 4.78 is 0. The zero-order valence-electron chi connectivity index (χ0n) is 14.4. The molecule has 136 valence electrons. The number of hydrogen-bond donors (Lipinski definition) is 2. The maximum absolute atomic E-state index is 12.3. The lowest BCUT2D eigenvalue weighted by molar-refractivity contribution is -0.117. The van der Waals surface area contributed by atoms with Crippen LogP contribution in [0, 0.1) is 0 Å². The van der Waals surface area contributed by atoms with Gasteiger partial charge in [-0.2, -0.15) is 0 Å². The van der Waals surface area contributed by atoms with Gasteiger partial charge in [0, 0.05) is 16.3 Å². The molecule has 0 aliphatic rings. The van der Waals surface area contributed by atoms with E-state index in [1.807, 2.05) is 49.1 Å². The SMILES string of the molecule is CCN(CC)CC(=O)Nc1ccc(Cl)cc1C(O)c1ccccc1.Cl. The summed E-state index contributed by atoms with van der Waals surface area (Å²) in [6.07, 6.45) is -0.853. The zero-order chi connectivity index (χ0) is 17.5. The van der Waals surface area contributed by atoms with Crippen LogP contribution >= 0.6 is 24.0 Å². The molecule has 2 rings (SSSR count). The van der Waals surface area contributed by atoms with Crippen LogP contribution in [0.25, 0.3) is 0 Å². The van der Waals surface area contributed by atoms with Gasteiger partial charge in [-0.25, -0.2) is 0 Å². The van der Waals surface area contributed by atoms with Gasteiger partial charge in [0.15, 0.2) is 0 Å². The summed E-state index contributed by atoms with van der Waals surface area (Å²) >= 11 is 6.08. The lowest BCUT2D eigenvalue weighted by Gasteiger charge is -2.20. The number of rotatable bonds is 7. The van der Waals surface area contributed by atoms with Crippen molar-refractivity contribution in [3.05, 3.63) is 64.7 Å². The summed E-state index contributed by atoms with van der Waals surface area (Å²) in [6, 6.07) is 14.4. The molecule has 25 heavy (non-hydrogen) atoms. The van der Waals surface area contributed by atoms with Crippen molar-refractivity contribution in [2.75, 3.05) is 25.0 Å². The first-order valence-electron chi connectivity index (χ1n) is 8.09. The normalized spacial score (nSPS) is 11.7. The van der Waals surface area contributed by atoms with Crippen LogP contribution in [0.5, 0.6) is 0 Å². The monoisotopic (exact) mass is 382 g/mol. The van der Waals surface area contributed by atoms with E-state index in [1.54, 1.807) is 18.2 Å². The van der Waals surface area contributed by atoms with Gasteiger partial charge in [-0.15, -0.1) is 12.4 Å². The zero-order valence-corrected chi connectivity index (χ0v) is 16.0. The van der Waals surface area contributed by atoms with Crippen LogP contribution in [0.2, 0.25) is 5.02 Å². The fraction of sp³-hybridized carbons (Fsp3) is 0.316. The summed E-state index contributed by atoms with van der Waals surface area (Å²) in [4.78, 5) is 14.3. The summed E-state index contributed by atoms with van der Waals surface area (Å²) in [5.41, 5.74) is 1.91. The molecule has 1 amide bonds. The molecule has 2 aromatic carbocycles. The molecule has 1 atom stereocenters. The number of nitrogens with zero attached hydrogens (tertiary/aromatic N) is 1. The number of benzene rings is 2. The Bertz CT molecular complexity index is 676. The van der Waals surface area contributed by atoms with Gasteiger partial charge in [-0.05, 0) is 36.9 Å². The van der Waals surface area contributed by atoms with Crippen LogP contribution in [0.15, 0.2) is 48.5 Å². The van der Waals surface area contributed by atoms with E-state index in [2.05, 4.69) is 5.32 Å². The molecule has 2 N–H and O–H groups in total. The second-order valence-electron chi connectivity index (χ2n) is 5.55. The molecule has 0 fully saturated rings. The molecule has 0 saturated heterocycles. The average molecular weight is 383 g/mol. The van der Waals surface area contributed by atoms with Crippen molar-refractivity contribution in [2.24, 2.45) is 0 Å². The Morgan fingerprint density at radius 1 is 1.16 bits per heavy atom. The second-order valence-corrected chi connectivity index (χ2v) is 5.99. The van der Waals surface area contributed by atoms with Crippen molar-refractivity contribution in [2.45, 2.75) is 20.0 Å². The molecule has 6 heteroatoms. The first-order valence-corrected chi connectivity index (χ1v) is 8.47. The number of amides is 1. The lowest BCUT2D eigenvalue weighted by atomic mass is 10.00. The number of likely N-dealkylation sites (N-methyl/N-ethyl adjacent to an activating group) is 1. The molecule has 2 aromatic rings. The number of aliphatic hydroxyl groups is 1. The number of anilines is 1. The van der Waals surface area contributed by atoms with Gasteiger partial charge in [-0.1, -0.05) is 55.8 Å². The Hall–Kier alpha value is -1.59. The van der Waals surface area contributed by atoms with Crippen molar-refractivity contribution in [1.29, 1.82) is 0 Å². The van der Waals surface area contributed by atoms with Gasteiger partial charge in [0.05, 0.1) is 6.54 Å². The van der Waals surface area contributed by atoms with E-state index in [-0.39, 0.29) is 18.3 Å². The maximum atomic E-state index is 12.3. The number of carbonyl (C=O) groups is 1. The minimum Gasteiger partial charge on any atom is -0.384 e. The molecule has 4 nitrogen and oxygen atoms in total. The van der Waals surface area contributed by atoms with Crippen molar-refractivity contribution < 1.29 is 9.90 Å². The third-order valence-electron chi connectivity index (χ3n) is 3.96. The van der Waals surface area contributed by atoms with E-state index < -0.39 is 6.10 Å². The summed E-state index contributed by atoms with van der Waals surface area (Å²) in [5, 5.41) is 14.1. The van der Waals surface area contributed by atoms with Crippen LogP contribution in [0.3, 0.4) is 0 Å². The van der Waals surface area contributed by atoms with Crippen LogP contribution in [0.1, 0.15) is 31.1 Å². The van der Waals surface area contributed by atoms with Crippen molar-refractivity contribution in [3.8, 4) is 0 Å². The van der Waals surface area contributed by atoms with E-state index in [9.17, 15) is 9.90 Å². The Labute approximate surface area is 160 Å². The predicted molar refractivity (Wildman–Crippen MR) is 106 cm³/mol. The molecule has 0 spiro atoms. The fourth-order valence-electron chi connectivity index (χ4n) is 2.53. The summed E-state index contributed by atoms with van der Waals surface area (Å²) in [7, 11) is 0. The molecule has 0 aromatic heterocycles. The average Bonchev–Trinajstić information content (AvgIpc) is 2.61. The Morgan fingerprint density at radius 3 is 2.40 bits per heavy atom. The molecular formula is C19H24Cl2N2O2. The number of aliphatic hydroxyl groups excluding tert-OH is 1. The van der Waals surface area contributed by atoms with Crippen molar-refractivity contribution in [3.63, 3.8) is 0 Å². The third kappa shape index (κ3) is 6.01. The van der Waals surface area contributed by atoms with Gasteiger partial charge in [0.25, 0.3) is 0 Å². The lowest BCUT2D eigenvalue weighted by Crippen LogP contribution is -2.33. The molecule has 0 aliphatic carbocycles. The van der Waals surface area contributed by atoms with E-state index >= 15 is 0 Å². The summed E-state index contributed by atoms with van der Waals surface area (Å²) in [6.45, 7) is 5.97. The minimum atomic E-state index is -0.853. The van der Waals surface area contributed by atoms with Gasteiger partial charge in [0.1, 0.15) is 6.10 Å². The Morgan fingerprint density at radius 2 is 1.80 bits per heavy atom. The Balaban J connectivity index is 0.00000312. The first-order chi connectivity index (χ1) is 11.5. The molecule has 0 saturated carbocycles.